The van der Waals surface area contributed by atoms with E-state index in [0.29, 0.717) is 29.4 Å². The number of anilines is 1. The third-order valence-electron chi connectivity index (χ3n) is 4.19. The predicted octanol–water partition coefficient (Wildman–Crippen LogP) is 4.93. The molecule has 0 aliphatic carbocycles. The van der Waals surface area contributed by atoms with Gasteiger partial charge < -0.3 is 14.6 Å². The summed E-state index contributed by atoms with van der Waals surface area (Å²) in [5, 5.41) is 6.77. The molecule has 0 saturated carbocycles. The van der Waals surface area contributed by atoms with E-state index >= 15 is 0 Å². The van der Waals surface area contributed by atoms with Gasteiger partial charge in [-0.2, -0.15) is 4.98 Å². The van der Waals surface area contributed by atoms with Crippen LogP contribution in [0, 0.1) is 5.41 Å². The molecule has 2 heterocycles. The molecule has 0 bridgehead atoms. The molecule has 0 aliphatic rings. The van der Waals surface area contributed by atoms with Crippen molar-refractivity contribution in [2.45, 2.75) is 53.6 Å². The lowest BCUT2D eigenvalue weighted by atomic mass is 9.92. The number of benzene rings is 1. The summed E-state index contributed by atoms with van der Waals surface area (Å²) in [6.07, 6.45) is 3.55. The fourth-order valence-electron chi connectivity index (χ4n) is 2.83. The standard InChI is InChI=1S/C24H28N4O4/c1-23(2,3)12-19-27-20(28-32-19)15-7-9-16(10-8-15)21(29)26-18-11-17(13-25-14-18)22(30)31-24(4,5)6/h7-11,13-14H,12H2,1-6H3,(H,26,29). The third kappa shape index (κ3) is 6.47. The predicted molar refractivity (Wildman–Crippen MR) is 120 cm³/mol. The van der Waals surface area contributed by atoms with E-state index in [9.17, 15) is 9.59 Å². The smallest absolute Gasteiger partial charge is 0.340 e. The fraction of sp³-hybridized carbons (Fsp3) is 0.375. The van der Waals surface area contributed by atoms with E-state index in [2.05, 4.69) is 41.2 Å². The van der Waals surface area contributed by atoms with Gasteiger partial charge in [0.1, 0.15) is 5.60 Å². The fourth-order valence-corrected chi connectivity index (χ4v) is 2.83. The molecule has 8 heteroatoms. The van der Waals surface area contributed by atoms with E-state index in [0.717, 1.165) is 5.56 Å². The van der Waals surface area contributed by atoms with Crippen molar-refractivity contribution in [2.24, 2.45) is 5.41 Å². The number of nitrogens with zero attached hydrogens (tertiary/aromatic N) is 3. The monoisotopic (exact) mass is 436 g/mol. The Morgan fingerprint density at radius 1 is 1.00 bits per heavy atom. The summed E-state index contributed by atoms with van der Waals surface area (Å²) in [5.74, 6) is 0.217. The van der Waals surface area contributed by atoms with Gasteiger partial charge in [-0.05, 0) is 44.4 Å². The van der Waals surface area contributed by atoms with Crippen molar-refractivity contribution in [1.82, 2.24) is 15.1 Å². The maximum Gasteiger partial charge on any atom is 0.340 e. The van der Waals surface area contributed by atoms with Crippen LogP contribution in [0.2, 0.25) is 0 Å². The molecule has 0 atom stereocenters. The van der Waals surface area contributed by atoms with Crippen molar-refractivity contribution in [3.8, 4) is 11.4 Å². The van der Waals surface area contributed by atoms with E-state index in [1.165, 1.54) is 18.5 Å². The number of amides is 1. The number of hydrogen-bond donors (Lipinski definition) is 1. The first kappa shape index (κ1) is 23.1. The zero-order chi connectivity index (χ0) is 23.5. The van der Waals surface area contributed by atoms with Gasteiger partial charge in [-0.1, -0.05) is 38.1 Å². The van der Waals surface area contributed by atoms with Crippen LogP contribution in [-0.2, 0) is 11.2 Å². The number of pyridine rings is 1. The van der Waals surface area contributed by atoms with Gasteiger partial charge in [0.05, 0.1) is 17.4 Å². The van der Waals surface area contributed by atoms with Gasteiger partial charge in [0.15, 0.2) is 0 Å². The molecular formula is C24H28N4O4. The molecule has 1 amide bonds. The van der Waals surface area contributed by atoms with Crippen molar-refractivity contribution in [2.75, 3.05) is 5.32 Å². The topological polar surface area (TPSA) is 107 Å². The van der Waals surface area contributed by atoms with E-state index < -0.39 is 11.6 Å². The van der Waals surface area contributed by atoms with Crippen LogP contribution in [-0.4, -0.2) is 32.6 Å². The Morgan fingerprint density at radius 3 is 2.31 bits per heavy atom. The van der Waals surface area contributed by atoms with Gasteiger partial charge in [0, 0.05) is 23.7 Å². The minimum atomic E-state index is -0.621. The zero-order valence-corrected chi connectivity index (χ0v) is 19.2. The molecule has 1 aromatic carbocycles. The van der Waals surface area contributed by atoms with Gasteiger partial charge in [-0.15, -0.1) is 0 Å². The van der Waals surface area contributed by atoms with Crippen LogP contribution < -0.4 is 5.32 Å². The highest BCUT2D eigenvalue weighted by atomic mass is 16.6. The lowest BCUT2D eigenvalue weighted by Crippen LogP contribution is -2.24. The Bertz CT molecular complexity index is 1110. The lowest BCUT2D eigenvalue weighted by Gasteiger charge is -2.19. The van der Waals surface area contributed by atoms with Gasteiger partial charge in [-0.3, -0.25) is 9.78 Å². The van der Waals surface area contributed by atoms with Crippen LogP contribution in [0.5, 0.6) is 0 Å². The number of nitrogens with one attached hydrogen (secondary N) is 1. The Balaban J connectivity index is 1.68. The van der Waals surface area contributed by atoms with Gasteiger partial charge in [-0.25, -0.2) is 4.79 Å². The van der Waals surface area contributed by atoms with E-state index in [1.54, 1.807) is 45.0 Å². The van der Waals surface area contributed by atoms with Crippen LogP contribution >= 0.6 is 0 Å². The molecule has 0 radical (unpaired) electrons. The van der Waals surface area contributed by atoms with E-state index in [-0.39, 0.29) is 16.9 Å². The maximum absolute atomic E-state index is 12.6. The lowest BCUT2D eigenvalue weighted by molar-refractivity contribution is 0.00689. The average molecular weight is 437 g/mol. The number of carbonyl (C=O) groups excluding carboxylic acids is 2. The van der Waals surface area contributed by atoms with Gasteiger partial charge in [0.2, 0.25) is 11.7 Å². The zero-order valence-electron chi connectivity index (χ0n) is 19.2. The van der Waals surface area contributed by atoms with Crippen molar-refractivity contribution in [3.05, 3.63) is 59.7 Å². The highest BCUT2D eigenvalue weighted by molar-refractivity contribution is 6.05. The highest BCUT2D eigenvalue weighted by Gasteiger charge is 2.19. The minimum absolute atomic E-state index is 0.0430. The molecule has 3 aromatic rings. The molecule has 0 spiro atoms. The molecule has 32 heavy (non-hydrogen) atoms. The highest BCUT2D eigenvalue weighted by Crippen LogP contribution is 2.23. The third-order valence-corrected chi connectivity index (χ3v) is 4.19. The summed E-state index contributed by atoms with van der Waals surface area (Å²) in [5.41, 5.74) is 1.27. The maximum atomic E-state index is 12.6. The Kier molecular flexibility index (Phi) is 6.43. The average Bonchev–Trinajstić information content (AvgIpc) is 3.13. The first-order valence-electron chi connectivity index (χ1n) is 10.3. The first-order valence-corrected chi connectivity index (χ1v) is 10.3. The first-order chi connectivity index (χ1) is 14.9. The number of carbonyl (C=O) groups is 2. The molecular weight excluding hydrogens is 408 g/mol. The number of ether oxygens (including phenoxy) is 1. The van der Waals surface area contributed by atoms with Crippen LogP contribution in [0.15, 0.2) is 47.2 Å². The molecule has 0 aliphatic heterocycles. The summed E-state index contributed by atoms with van der Waals surface area (Å²) >= 11 is 0. The van der Waals surface area contributed by atoms with Crippen molar-refractivity contribution < 1.29 is 18.8 Å². The molecule has 168 valence electrons. The molecule has 0 fully saturated rings. The Morgan fingerprint density at radius 2 is 1.69 bits per heavy atom. The summed E-state index contributed by atoms with van der Waals surface area (Å²) in [6, 6.07) is 8.40. The molecule has 1 N–H and O–H groups in total. The number of esters is 1. The van der Waals surface area contributed by atoms with Crippen molar-refractivity contribution in [1.29, 1.82) is 0 Å². The van der Waals surface area contributed by atoms with Crippen molar-refractivity contribution >= 4 is 17.6 Å². The number of aromatic nitrogens is 3. The van der Waals surface area contributed by atoms with E-state index in [1.807, 2.05) is 0 Å². The number of hydrogen-bond acceptors (Lipinski definition) is 7. The second-order valence-corrected chi connectivity index (χ2v) is 9.74. The molecule has 2 aromatic heterocycles. The Hall–Kier alpha value is -3.55. The molecule has 3 rings (SSSR count). The van der Waals surface area contributed by atoms with Crippen molar-refractivity contribution in [3.63, 3.8) is 0 Å². The second-order valence-electron chi connectivity index (χ2n) is 9.74. The van der Waals surface area contributed by atoms with E-state index in [4.69, 9.17) is 9.26 Å². The largest absolute Gasteiger partial charge is 0.456 e. The molecule has 0 saturated heterocycles. The molecule has 0 unspecified atom stereocenters. The van der Waals surface area contributed by atoms with Gasteiger partial charge in [0.25, 0.3) is 5.91 Å². The van der Waals surface area contributed by atoms with Crippen LogP contribution in [0.1, 0.15) is 68.1 Å². The summed E-state index contributed by atoms with van der Waals surface area (Å²) in [6.45, 7) is 11.7. The van der Waals surface area contributed by atoms with Crippen LogP contribution in [0.25, 0.3) is 11.4 Å². The number of rotatable bonds is 5. The second kappa shape index (κ2) is 8.90. The quantitative estimate of drug-likeness (QED) is 0.565. The minimum Gasteiger partial charge on any atom is -0.456 e. The molecule has 8 nitrogen and oxygen atoms in total. The van der Waals surface area contributed by atoms with Crippen LogP contribution in [0.3, 0.4) is 0 Å². The summed E-state index contributed by atoms with van der Waals surface area (Å²) < 4.78 is 10.7. The van der Waals surface area contributed by atoms with Crippen LogP contribution in [0.4, 0.5) is 5.69 Å². The normalized spacial score (nSPS) is 11.8. The Labute approximate surface area is 187 Å². The SMILES string of the molecule is CC(C)(C)Cc1nc(-c2ccc(C(=O)Nc3cncc(C(=O)OC(C)(C)C)c3)cc2)no1. The summed E-state index contributed by atoms with van der Waals surface area (Å²) in [7, 11) is 0. The summed E-state index contributed by atoms with van der Waals surface area (Å²) in [4.78, 5) is 33.3. The van der Waals surface area contributed by atoms with Gasteiger partial charge >= 0.3 is 5.97 Å².